The Morgan fingerprint density at radius 2 is 1.81 bits per heavy atom. The van der Waals surface area contributed by atoms with Crippen LogP contribution in [0.2, 0.25) is 0 Å². The first-order chi connectivity index (χ1) is 7.53. The molecular weight excluding hydrogens is 220 g/mol. The smallest absolute Gasteiger partial charge is 0.180 e. The van der Waals surface area contributed by atoms with Crippen molar-refractivity contribution in [2.45, 2.75) is 49.7 Å². The van der Waals surface area contributed by atoms with Crippen LogP contribution in [-0.4, -0.2) is 13.7 Å². The van der Waals surface area contributed by atoms with Crippen LogP contribution in [0.1, 0.15) is 37.8 Å². The Balaban J connectivity index is 2.58. The maximum absolute atomic E-state index is 12.2. The van der Waals surface area contributed by atoms with Gasteiger partial charge in [0.05, 0.1) is 10.1 Å². The van der Waals surface area contributed by atoms with Gasteiger partial charge in [-0.2, -0.15) is 0 Å². The van der Waals surface area contributed by atoms with Crippen molar-refractivity contribution in [3.63, 3.8) is 0 Å². The summed E-state index contributed by atoms with van der Waals surface area (Å²) in [5, 5.41) is -0.332. The summed E-state index contributed by atoms with van der Waals surface area (Å²) in [4.78, 5) is 0.569. The van der Waals surface area contributed by atoms with Gasteiger partial charge in [0.15, 0.2) is 9.84 Å². The highest BCUT2D eigenvalue weighted by Gasteiger charge is 2.24. The van der Waals surface area contributed by atoms with Gasteiger partial charge in [0.2, 0.25) is 0 Å². The highest BCUT2D eigenvalue weighted by Crippen LogP contribution is 2.29. The monoisotopic (exact) mass is 238 g/mol. The van der Waals surface area contributed by atoms with Crippen molar-refractivity contribution in [3.8, 4) is 0 Å². The molecule has 0 amide bonds. The van der Waals surface area contributed by atoms with Crippen LogP contribution in [0.15, 0.2) is 23.1 Å². The number of hydrogen-bond acceptors (Lipinski definition) is 2. The minimum atomic E-state index is -3.12. The first-order valence-electron chi connectivity index (χ1n) is 5.88. The van der Waals surface area contributed by atoms with Gasteiger partial charge in [-0.25, -0.2) is 8.42 Å². The van der Waals surface area contributed by atoms with E-state index in [0.29, 0.717) is 4.90 Å². The van der Waals surface area contributed by atoms with Crippen molar-refractivity contribution in [1.29, 1.82) is 0 Å². The van der Waals surface area contributed by atoms with Gasteiger partial charge in [-0.3, -0.25) is 0 Å². The summed E-state index contributed by atoms with van der Waals surface area (Å²) in [6.45, 7) is 3.50. The second-order valence-electron chi connectivity index (χ2n) is 4.69. The molecule has 1 aliphatic rings. The van der Waals surface area contributed by atoms with Gasteiger partial charge in [0.1, 0.15) is 0 Å². The summed E-state index contributed by atoms with van der Waals surface area (Å²) in [6, 6.07) is 5.70. The summed E-state index contributed by atoms with van der Waals surface area (Å²) >= 11 is 0. The number of benzene rings is 1. The molecule has 0 atom stereocenters. The van der Waals surface area contributed by atoms with Crippen LogP contribution in [0.4, 0.5) is 0 Å². The predicted octanol–water partition coefficient (Wildman–Crippen LogP) is 2.75. The minimum absolute atomic E-state index is 0.332. The van der Waals surface area contributed by atoms with Crippen molar-refractivity contribution >= 4 is 9.84 Å². The maximum Gasteiger partial charge on any atom is 0.180 e. The first-order valence-corrected chi connectivity index (χ1v) is 7.43. The molecule has 1 aromatic rings. The van der Waals surface area contributed by atoms with Gasteiger partial charge in [-0.05, 0) is 56.7 Å². The molecule has 16 heavy (non-hydrogen) atoms. The molecule has 0 saturated heterocycles. The molecule has 0 radical (unpaired) electrons. The molecule has 0 aromatic heterocycles. The van der Waals surface area contributed by atoms with Crippen LogP contribution >= 0.6 is 0 Å². The zero-order valence-electron chi connectivity index (χ0n) is 9.86. The maximum atomic E-state index is 12.2. The fourth-order valence-electron chi connectivity index (χ4n) is 2.27. The number of hydrogen-bond donors (Lipinski definition) is 0. The van der Waals surface area contributed by atoms with Crippen molar-refractivity contribution < 1.29 is 8.42 Å². The fraction of sp³-hybridized carbons (Fsp3) is 0.538. The Morgan fingerprint density at radius 3 is 2.50 bits per heavy atom. The molecule has 0 bridgehead atoms. The van der Waals surface area contributed by atoms with Crippen molar-refractivity contribution in [2.24, 2.45) is 0 Å². The topological polar surface area (TPSA) is 34.1 Å². The summed E-state index contributed by atoms with van der Waals surface area (Å²) in [5.74, 6) is 0. The van der Waals surface area contributed by atoms with E-state index in [4.69, 9.17) is 0 Å². The average Bonchev–Trinajstić information content (AvgIpc) is 2.28. The Hall–Kier alpha value is -0.830. The van der Waals surface area contributed by atoms with Crippen LogP contribution in [0, 0.1) is 0 Å². The molecule has 2 nitrogen and oxygen atoms in total. The van der Waals surface area contributed by atoms with E-state index in [1.54, 1.807) is 19.9 Å². The molecule has 3 heteroatoms. The lowest BCUT2D eigenvalue weighted by atomic mass is 9.92. The Morgan fingerprint density at radius 1 is 1.12 bits per heavy atom. The van der Waals surface area contributed by atoms with Gasteiger partial charge in [-0.1, -0.05) is 12.1 Å². The summed E-state index contributed by atoms with van der Waals surface area (Å²) < 4.78 is 24.4. The van der Waals surface area contributed by atoms with Crippen LogP contribution in [0.25, 0.3) is 0 Å². The van der Waals surface area contributed by atoms with Gasteiger partial charge in [0.25, 0.3) is 0 Å². The molecule has 2 rings (SSSR count). The van der Waals surface area contributed by atoms with E-state index in [9.17, 15) is 8.42 Å². The van der Waals surface area contributed by atoms with Gasteiger partial charge in [0, 0.05) is 0 Å². The van der Waals surface area contributed by atoms with E-state index < -0.39 is 9.84 Å². The highest BCUT2D eigenvalue weighted by molar-refractivity contribution is 7.92. The fourth-order valence-corrected chi connectivity index (χ4v) is 3.62. The second kappa shape index (κ2) is 4.21. The van der Waals surface area contributed by atoms with E-state index >= 15 is 0 Å². The third-order valence-corrected chi connectivity index (χ3v) is 5.52. The van der Waals surface area contributed by atoms with Crippen LogP contribution in [-0.2, 0) is 22.7 Å². The van der Waals surface area contributed by atoms with Gasteiger partial charge in [-0.15, -0.1) is 0 Å². The molecule has 0 heterocycles. The summed E-state index contributed by atoms with van der Waals surface area (Å²) in [7, 11) is -3.12. The van der Waals surface area contributed by atoms with Crippen LogP contribution in [0.5, 0.6) is 0 Å². The molecule has 0 saturated carbocycles. The van der Waals surface area contributed by atoms with Crippen LogP contribution in [0.3, 0.4) is 0 Å². The zero-order chi connectivity index (χ0) is 11.8. The summed E-state index contributed by atoms with van der Waals surface area (Å²) in [5.41, 5.74) is 2.30. The molecule has 1 aromatic carbocycles. The average molecular weight is 238 g/mol. The zero-order valence-corrected chi connectivity index (χ0v) is 10.7. The van der Waals surface area contributed by atoms with E-state index in [-0.39, 0.29) is 5.25 Å². The van der Waals surface area contributed by atoms with Gasteiger partial charge >= 0.3 is 0 Å². The molecule has 0 spiro atoms. The second-order valence-corrected chi connectivity index (χ2v) is 7.17. The van der Waals surface area contributed by atoms with E-state index in [1.807, 2.05) is 6.07 Å². The van der Waals surface area contributed by atoms with Crippen molar-refractivity contribution in [3.05, 3.63) is 29.3 Å². The minimum Gasteiger partial charge on any atom is -0.223 e. The van der Waals surface area contributed by atoms with E-state index in [1.165, 1.54) is 12.0 Å². The standard InChI is InChI=1S/C13H18O2S/c1-10(2)16(14,15)13-9-5-7-11-6-3-4-8-12(11)13/h5,7,9-10H,3-4,6,8H2,1-2H3. The van der Waals surface area contributed by atoms with Gasteiger partial charge < -0.3 is 0 Å². The van der Waals surface area contributed by atoms with Crippen LogP contribution < -0.4 is 0 Å². The highest BCUT2D eigenvalue weighted by atomic mass is 32.2. The molecule has 0 aliphatic heterocycles. The number of rotatable bonds is 2. The lowest BCUT2D eigenvalue weighted by molar-refractivity contribution is 0.583. The number of fused-ring (bicyclic) bond motifs is 1. The third-order valence-electron chi connectivity index (χ3n) is 3.28. The normalized spacial score (nSPS) is 16.2. The Kier molecular flexibility index (Phi) is 3.06. The quantitative estimate of drug-likeness (QED) is 0.794. The van der Waals surface area contributed by atoms with Crippen molar-refractivity contribution in [2.75, 3.05) is 0 Å². The largest absolute Gasteiger partial charge is 0.223 e. The van der Waals surface area contributed by atoms with E-state index in [2.05, 4.69) is 6.07 Å². The number of sulfone groups is 1. The molecule has 0 N–H and O–H groups in total. The lowest BCUT2D eigenvalue weighted by Crippen LogP contribution is -2.18. The molecular formula is C13H18O2S. The molecule has 88 valence electrons. The first kappa shape index (κ1) is 11.6. The molecule has 0 unspecified atom stereocenters. The summed E-state index contributed by atoms with van der Waals surface area (Å²) in [6.07, 6.45) is 4.23. The Labute approximate surface area is 97.6 Å². The predicted molar refractivity (Wildman–Crippen MR) is 65.4 cm³/mol. The molecule has 1 aliphatic carbocycles. The van der Waals surface area contributed by atoms with Crippen molar-refractivity contribution in [1.82, 2.24) is 0 Å². The third kappa shape index (κ3) is 1.88. The molecule has 0 fully saturated rings. The SMILES string of the molecule is CC(C)S(=O)(=O)c1cccc2c1CCCC2. The lowest BCUT2D eigenvalue weighted by Gasteiger charge is -2.20. The Bertz CT molecular complexity index is 487. The number of aryl methyl sites for hydroxylation is 1. The van der Waals surface area contributed by atoms with E-state index in [0.717, 1.165) is 24.8 Å².